The molecule has 4 rings (SSSR count). The number of rotatable bonds is 4. The molecule has 2 saturated heterocycles. The first kappa shape index (κ1) is 20.1. The average molecular weight is 391 g/mol. The Kier molecular flexibility index (Phi) is 6.40. The molecule has 27 heavy (non-hydrogen) atoms. The summed E-state index contributed by atoms with van der Waals surface area (Å²) in [5.74, 6) is 0. The van der Waals surface area contributed by atoms with E-state index in [0.29, 0.717) is 6.04 Å². The average Bonchev–Trinajstić information content (AvgIpc) is 3.25. The van der Waals surface area contributed by atoms with Gasteiger partial charge in [0.25, 0.3) is 0 Å². The van der Waals surface area contributed by atoms with Gasteiger partial charge in [-0.2, -0.15) is 5.10 Å². The molecular weight excluding hydrogens is 360 g/mol. The van der Waals surface area contributed by atoms with Gasteiger partial charge in [-0.05, 0) is 45.4 Å². The van der Waals surface area contributed by atoms with Crippen molar-refractivity contribution in [3.63, 3.8) is 0 Å². The number of pyridine rings is 1. The molecule has 2 fully saturated rings. The summed E-state index contributed by atoms with van der Waals surface area (Å²) in [7, 11) is 2.00. The summed E-state index contributed by atoms with van der Waals surface area (Å²) < 4.78 is 1.92. The Hall–Kier alpha value is -1.63. The van der Waals surface area contributed by atoms with Crippen molar-refractivity contribution in [2.75, 3.05) is 37.6 Å². The molecule has 6 nitrogen and oxygen atoms in total. The van der Waals surface area contributed by atoms with E-state index in [1.807, 2.05) is 11.7 Å². The van der Waals surface area contributed by atoms with Crippen molar-refractivity contribution >= 4 is 18.1 Å². The minimum atomic E-state index is 0. The molecule has 1 atom stereocenters. The highest BCUT2D eigenvalue weighted by Gasteiger charge is 2.22. The molecule has 1 N–H and O–H groups in total. The predicted octanol–water partition coefficient (Wildman–Crippen LogP) is 2.60. The summed E-state index contributed by atoms with van der Waals surface area (Å²) in [6.45, 7) is 10.6. The van der Waals surface area contributed by atoms with Crippen molar-refractivity contribution in [3.8, 4) is 0 Å². The SMILES string of the molecule is Cc1cc(N2CCN(Cc3cn(C)nc3C)CC2)cc(C2CCCN2)n1.Cl. The van der Waals surface area contributed by atoms with Crippen LogP contribution in [0.2, 0.25) is 0 Å². The van der Waals surface area contributed by atoms with Crippen molar-refractivity contribution in [1.82, 2.24) is 25.0 Å². The quantitative estimate of drug-likeness (QED) is 0.869. The molecule has 2 aromatic heterocycles. The lowest BCUT2D eigenvalue weighted by Gasteiger charge is -2.36. The Bertz CT molecular complexity index is 760. The van der Waals surface area contributed by atoms with Gasteiger partial charge in [-0.25, -0.2) is 0 Å². The molecule has 0 aromatic carbocycles. The number of nitrogens with zero attached hydrogens (tertiary/aromatic N) is 5. The summed E-state index contributed by atoms with van der Waals surface area (Å²) >= 11 is 0. The zero-order chi connectivity index (χ0) is 18.1. The third-order valence-corrected chi connectivity index (χ3v) is 5.62. The van der Waals surface area contributed by atoms with Crippen molar-refractivity contribution in [2.24, 2.45) is 7.05 Å². The molecule has 0 spiro atoms. The van der Waals surface area contributed by atoms with Gasteiger partial charge in [-0.15, -0.1) is 12.4 Å². The number of aryl methyl sites for hydroxylation is 3. The second kappa shape index (κ2) is 8.59. The van der Waals surface area contributed by atoms with Crippen molar-refractivity contribution in [1.29, 1.82) is 0 Å². The van der Waals surface area contributed by atoms with Crippen molar-refractivity contribution in [3.05, 3.63) is 41.0 Å². The molecule has 148 valence electrons. The van der Waals surface area contributed by atoms with Crippen LogP contribution in [0.1, 0.15) is 41.5 Å². The van der Waals surface area contributed by atoms with E-state index in [0.717, 1.165) is 50.7 Å². The molecule has 0 aliphatic carbocycles. The fraction of sp³-hybridized carbons (Fsp3) is 0.600. The smallest absolute Gasteiger partial charge is 0.0638 e. The first-order chi connectivity index (χ1) is 12.6. The van der Waals surface area contributed by atoms with E-state index in [-0.39, 0.29) is 12.4 Å². The van der Waals surface area contributed by atoms with Gasteiger partial charge in [-0.1, -0.05) is 0 Å². The maximum atomic E-state index is 4.78. The third-order valence-electron chi connectivity index (χ3n) is 5.62. The molecule has 0 saturated carbocycles. The number of hydrogen-bond acceptors (Lipinski definition) is 5. The van der Waals surface area contributed by atoms with Gasteiger partial charge in [0, 0.05) is 69.0 Å². The number of piperazine rings is 1. The zero-order valence-corrected chi connectivity index (χ0v) is 17.4. The van der Waals surface area contributed by atoms with Gasteiger partial charge in [0.05, 0.1) is 11.4 Å². The Labute approximate surface area is 168 Å². The van der Waals surface area contributed by atoms with Gasteiger partial charge in [0.15, 0.2) is 0 Å². The van der Waals surface area contributed by atoms with E-state index >= 15 is 0 Å². The van der Waals surface area contributed by atoms with Crippen LogP contribution < -0.4 is 10.2 Å². The fourth-order valence-electron chi connectivity index (χ4n) is 4.18. The number of nitrogens with one attached hydrogen (secondary N) is 1. The van der Waals surface area contributed by atoms with Crippen molar-refractivity contribution < 1.29 is 0 Å². The second-order valence-electron chi connectivity index (χ2n) is 7.72. The van der Waals surface area contributed by atoms with Gasteiger partial charge in [0.1, 0.15) is 0 Å². The molecule has 2 aliphatic rings. The summed E-state index contributed by atoms with van der Waals surface area (Å²) in [5.41, 5.74) is 6.16. The molecule has 1 unspecified atom stereocenters. The van der Waals surface area contributed by atoms with E-state index < -0.39 is 0 Å². The molecule has 0 radical (unpaired) electrons. The normalized spacial score (nSPS) is 20.7. The van der Waals surface area contributed by atoms with Crippen molar-refractivity contribution in [2.45, 2.75) is 39.3 Å². The summed E-state index contributed by atoms with van der Waals surface area (Å²) in [4.78, 5) is 9.83. The van der Waals surface area contributed by atoms with Crippen LogP contribution in [0, 0.1) is 13.8 Å². The Morgan fingerprint density at radius 3 is 2.56 bits per heavy atom. The first-order valence-corrected chi connectivity index (χ1v) is 9.77. The van der Waals surface area contributed by atoms with E-state index in [1.54, 1.807) is 0 Å². The van der Waals surface area contributed by atoms with E-state index in [1.165, 1.54) is 29.8 Å². The molecule has 0 bridgehead atoms. The highest BCUT2D eigenvalue weighted by molar-refractivity contribution is 5.85. The maximum Gasteiger partial charge on any atom is 0.0638 e. The Morgan fingerprint density at radius 1 is 1.15 bits per heavy atom. The number of halogens is 1. The fourth-order valence-corrected chi connectivity index (χ4v) is 4.18. The number of anilines is 1. The van der Waals surface area contributed by atoms with E-state index in [9.17, 15) is 0 Å². The van der Waals surface area contributed by atoms with Crippen LogP contribution in [0.4, 0.5) is 5.69 Å². The monoisotopic (exact) mass is 390 g/mol. The van der Waals surface area contributed by atoms with E-state index in [4.69, 9.17) is 4.98 Å². The van der Waals surface area contributed by atoms with Crippen LogP contribution in [0.3, 0.4) is 0 Å². The van der Waals surface area contributed by atoms with Gasteiger partial charge in [-0.3, -0.25) is 14.6 Å². The molecule has 4 heterocycles. The molecule has 0 amide bonds. The van der Waals surface area contributed by atoms with Crippen LogP contribution in [-0.4, -0.2) is 52.4 Å². The largest absolute Gasteiger partial charge is 0.369 e. The highest BCUT2D eigenvalue weighted by atomic mass is 35.5. The molecular formula is C20H31ClN6. The lowest BCUT2D eigenvalue weighted by molar-refractivity contribution is 0.249. The Balaban J connectivity index is 0.00000210. The van der Waals surface area contributed by atoms with Gasteiger partial charge in [0.2, 0.25) is 0 Å². The standard InChI is InChI=1S/C20H30N6.ClH/c1-15-11-18(12-20(22-15)19-5-4-6-21-19)26-9-7-25(8-10-26)14-17-13-24(3)23-16(17)2;/h11-13,19,21H,4-10,14H2,1-3H3;1H. The highest BCUT2D eigenvalue weighted by Crippen LogP contribution is 2.26. The summed E-state index contributed by atoms with van der Waals surface area (Å²) in [6, 6.07) is 4.97. The minimum absolute atomic E-state index is 0. The first-order valence-electron chi connectivity index (χ1n) is 9.77. The van der Waals surface area contributed by atoms with Gasteiger partial charge < -0.3 is 10.2 Å². The molecule has 2 aromatic rings. The molecule has 7 heteroatoms. The van der Waals surface area contributed by atoms with Crippen LogP contribution >= 0.6 is 12.4 Å². The zero-order valence-electron chi connectivity index (χ0n) is 16.6. The summed E-state index contributed by atoms with van der Waals surface area (Å²) in [6.07, 6.45) is 4.60. The lowest BCUT2D eigenvalue weighted by atomic mass is 10.1. The topological polar surface area (TPSA) is 49.2 Å². The van der Waals surface area contributed by atoms with Crippen LogP contribution in [-0.2, 0) is 13.6 Å². The van der Waals surface area contributed by atoms with Crippen LogP contribution in [0.15, 0.2) is 18.3 Å². The molecule has 2 aliphatic heterocycles. The lowest BCUT2D eigenvalue weighted by Crippen LogP contribution is -2.46. The summed E-state index contributed by atoms with van der Waals surface area (Å²) in [5, 5.41) is 8.04. The second-order valence-corrected chi connectivity index (χ2v) is 7.72. The predicted molar refractivity (Wildman–Crippen MR) is 112 cm³/mol. The van der Waals surface area contributed by atoms with Crippen LogP contribution in [0.5, 0.6) is 0 Å². The number of aromatic nitrogens is 3. The number of hydrogen-bond donors (Lipinski definition) is 1. The maximum absolute atomic E-state index is 4.78. The minimum Gasteiger partial charge on any atom is -0.369 e. The Morgan fingerprint density at radius 2 is 1.93 bits per heavy atom. The van der Waals surface area contributed by atoms with E-state index in [2.05, 4.69) is 52.4 Å². The van der Waals surface area contributed by atoms with Crippen LogP contribution in [0.25, 0.3) is 0 Å². The van der Waals surface area contributed by atoms with Gasteiger partial charge >= 0.3 is 0 Å². The third kappa shape index (κ3) is 4.62.